The van der Waals surface area contributed by atoms with Crippen molar-refractivity contribution >= 4 is 43.6 Å². The van der Waals surface area contributed by atoms with Gasteiger partial charge in [-0.2, -0.15) is 10.5 Å². The van der Waals surface area contributed by atoms with Crippen LogP contribution in [0.3, 0.4) is 0 Å². The summed E-state index contributed by atoms with van der Waals surface area (Å²) in [4.78, 5) is 0. The van der Waals surface area contributed by atoms with Gasteiger partial charge in [0.2, 0.25) is 0 Å². The van der Waals surface area contributed by atoms with Gasteiger partial charge in [-0.25, -0.2) is 0 Å². The molecule has 0 radical (unpaired) electrons. The summed E-state index contributed by atoms with van der Waals surface area (Å²) in [6.07, 6.45) is 0. The Morgan fingerprint density at radius 2 is 0.979 bits per heavy atom. The Kier molecular flexibility index (Phi) is 6.22. The van der Waals surface area contributed by atoms with Gasteiger partial charge in [-0.1, -0.05) is 97.1 Å². The maximum atomic E-state index is 10.8. The summed E-state index contributed by atoms with van der Waals surface area (Å²) in [5, 5.41) is 25.0. The zero-order chi connectivity index (χ0) is 32.2. The highest BCUT2D eigenvalue weighted by Crippen LogP contribution is 2.41. The van der Waals surface area contributed by atoms with Crippen molar-refractivity contribution in [2.24, 2.45) is 0 Å². The molecule has 0 N–H and O–H groups in total. The van der Waals surface area contributed by atoms with E-state index < -0.39 is 0 Å². The average molecular weight is 611 g/mol. The van der Waals surface area contributed by atoms with Gasteiger partial charge in [-0.15, -0.1) is 0 Å². The molecule has 0 fully saturated rings. The molecule has 2 heterocycles. The minimum absolute atomic E-state index is 0.570. The molecular weight excluding hydrogens is 585 g/mol. The van der Waals surface area contributed by atoms with E-state index >= 15 is 0 Å². The van der Waals surface area contributed by atoms with Crippen molar-refractivity contribution in [1.29, 1.82) is 10.5 Å². The predicted octanol–water partition coefficient (Wildman–Crippen LogP) is 11.0. The molecule has 0 spiro atoms. The molecule has 9 aromatic rings. The summed E-state index contributed by atoms with van der Waals surface area (Å²) in [5.74, 6) is 0. The van der Waals surface area contributed by atoms with Crippen molar-refractivity contribution in [3.05, 3.63) is 169 Å². The first-order chi connectivity index (χ1) is 23.7. The number of fused-ring (bicyclic) bond motifs is 6. The van der Waals surface area contributed by atoms with Gasteiger partial charge in [0.15, 0.2) is 0 Å². The van der Waals surface area contributed by atoms with E-state index in [1.807, 2.05) is 54.6 Å². The smallest absolute Gasteiger partial charge is 0.101 e. The number of nitrogens with zero attached hydrogens (tertiary/aromatic N) is 4. The molecule has 0 saturated heterocycles. The lowest BCUT2D eigenvalue weighted by Gasteiger charge is -2.18. The van der Waals surface area contributed by atoms with Gasteiger partial charge >= 0.3 is 0 Å². The minimum atomic E-state index is 0.570. The number of hydrogen-bond donors (Lipinski definition) is 0. The summed E-state index contributed by atoms with van der Waals surface area (Å²) in [6.45, 7) is 0. The largest absolute Gasteiger partial charge is 0.309 e. The Morgan fingerprint density at radius 1 is 0.396 bits per heavy atom. The maximum Gasteiger partial charge on any atom is 0.101 e. The van der Waals surface area contributed by atoms with E-state index in [4.69, 9.17) is 0 Å². The number of para-hydroxylation sites is 3. The van der Waals surface area contributed by atoms with Gasteiger partial charge in [0.25, 0.3) is 0 Å². The van der Waals surface area contributed by atoms with Crippen molar-refractivity contribution in [3.63, 3.8) is 0 Å². The van der Waals surface area contributed by atoms with Crippen molar-refractivity contribution in [2.75, 3.05) is 0 Å². The molecule has 48 heavy (non-hydrogen) atoms. The molecule has 0 aliphatic carbocycles. The predicted molar refractivity (Wildman–Crippen MR) is 195 cm³/mol. The van der Waals surface area contributed by atoms with Gasteiger partial charge in [0.05, 0.1) is 45.0 Å². The Balaban J connectivity index is 1.32. The van der Waals surface area contributed by atoms with Crippen LogP contribution in [-0.2, 0) is 0 Å². The van der Waals surface area contributed by atoms with Crippen LogP contribution in [0.4, 0.5) is 0 Å². The van der Waals surface area contributed by atoms with Crippen LogP contribution >= 0.6 is 0 Å². The SMILES string of the molecule is N#Cc1ccc2c(c1)c1ccccc1n2-c1c(C#N)cc(-c2cccc(-n3c4ccccc4c4ccccc43)c2)cc1-c1ccccc1. The minimum Gasteiger partial charge on any atom is -0.309 e. The lowest BCUT2D eigenvalue weighted by molar-refractivity contribution is 1.17. The first-order valence-electron chi connectivity index (χ1n) is 15.9. The molecule has 222 valence electrons. The van der Waals surface area contributed by atoms with Crippen LogP contribution in [0.25, 0.3) is 77.2 Å². The topological polar surface area (TPSA) is 57.4 Å². The second kappa shape index (κ2) is 10.9. The van der Waals surface area contributed by atoms with E-state index in [1.54, 1.807) is 0 Å². The third kappa shape index (κ3) is 4.14. The van der Waals surface area contributed by atoms with Crippen LogP contribution in [0.5, 0.6) is 0 Å². The van der Waals surface area contributed by atoms with E-state index in [1.165, 1.54) is 10.8 Å². The van der Waals surface area contributed by atoms with Crippen molar-refractivity contribution in [2.45, 2.75) is 0 Å². The second-order valence-corrected chi connectivity index (χ2v) is 12.0. The molecule has 4 heteroatoms. The van der Waals surface area contributed by atoms with E-state index in [0.717, 1.165) is 66.5 Å². The lowest BCUT2D eigenvalue weighted by atomic mass is 9.93. The molecule has 0 saturated carbocycles. The zero-order valence-electron chi connectivity index (χ0n) is 25.8. The molecule has 7 aromatic carbocycles. The summed E-state index contributed by atoms with van der Waals surface area (Å²) in [6, 6.07) is 58.9. The third-order valence-corrected chi connectivity index (χ3v) is 9.36. The lowest BCUT2D eigenvalue weighted by Crippen LogP contribution is -2.02. The third-order valence-electron chi connectivity index (χ3n) is 9.36. The zero-order valence-corrected chi connectivity index (χ0v) is 25.8. The van der Waals surface area contributed by atoms with Gasteiger partial charge < -0.3 is 9.13 Å². The molecule has 4 nitrogen and oxygen atoms in total. The number of nitriles is 2. The first-order valence-corrected chi connectivity index (χ1v) is 15.9. The molecule has 0 amide bonds. The van der Waals surface area contributed by atoms with Crippen molar-refractivity contribution < 1.29 is 0 Å². The molecular formula is C44H26N4. The van der Waals surface area contributed by atoms with Crippen LogP contribution in [0.15, 0.2) is 158 Å². The highest BCUT2D eigenvalue weighted by Gasteiger charge is 2.21. The monoisotopic (exact) mass is 610 g/mol. The maximum absolute atomic E-state index is 10.8. The standard InChI is InChI=1S/C44H26N4/c45-27-29-21-22-43-39(23-29)37-17-6-9-20-42(37)48(43)44-33(28-46)24-32(26-38(44)30-11-2-1-3-12-30)31-13-10-14-34(25-31)47-40-18-7-4-15-35(40)36-16-5-8-19-41(36)47/h1-26H. The molecule has 9 rings (SSSR count). The molecule has 0 aliphatic rings. The van der Waals surface area contributed by atoms with Crippen LogP contribution in [0.1, 0.15) is 11.1 Å². The fourth-order valence-corrected chi connectivity index (χ4v) is 7.27. The molecule has 0 bridgehead atoms. The van der Waals surface area contributed by atoms with Gasteiger partial charge in [0, 0.05) is 32.8 Å². The Labute approximate surface area is 277 Å². The van der Waals surface area contributed by atoms with E-state index in [0.29, 0.717) is 11.1 Å². The number of hydrogen-bond acceptors (Lipinski definition) is 2. The van der Waals surface area contributed by atoms with E-state index in [9.17, 15) is 10.5 Å². The van der Waals surface area contributed by atoms with E-state index in [-0.39, 0.29) is 0 Å². The molecule has 0 unspecified atom stereocenters. The summed E-state index contributed by atoms with van der Waals surface area (Å²) in [7, 11) is 0. The Hall–Kier alpha value is -6.88. The van der Waals surface area contributed by atoms with Gasteiger partial charge in [-0.05, 0) is 77.4 Å². The van der Waals surface area contributed by atoms with Gasteiger partial charge in [-0.3, -0.25) is 0 Å². The average Bonchev–Trinajstić information content (AvgIpc) is 3.67. The second-order valence-electron chi connectivity index (χ2n) is 12.0. The quantitative estimate of drug-likeness (QED) is 0.199. The summed E-state index contributed by atoms with van der Waals surface area (Å²) in [5.41, 5.74) is 11.3. The van der Waals surface area contributed by atoms with Crippen LogP contribution < -0.4 is 0 Å². The summed E-state index contributed by atoms with van der Waals surface area (Å²) < 4.78 is 4.50. The Morgan fingerprint density at radius 3 is 1.65 bits per heavy atom. The normalized spacial score (nSPS) is 11.3. The van der Waals surface area contributed by atoms with Crippen LogP contribution in [0, 0.1) is 22.7 Å². The summed E-state index contributed by atoms with van der Waals surface area (Å²) >= 11 is 0. The molecule has 2 aromatic heterocycles. The highest BCUT2D eigenvalue weighted by atomic mass is 15.0. The highest BCUT2D eigenvalue weighted by molar-refractivity contribution is 6.11. The molecule has 0 aliphatic heterocycles. The van der Waals surface area contributed by atoms with Crippen molar-refractivity contribution in [1.82, 2.24) is 9.13 Å². The van der Waals surface area contributed by atoms with Crippen LogP contribution in [-0.4, -0.2) is 9.13 Å². The number of aromatic nitrogens is 2. The fraction of sp³-hybridized carbons (Fsp3) is 0. The van der Waals surface area contributed by atoms with E-state index in [2.05, 4.69) is 124 Å². The Bertz CT molecular complexity index is 2750. The number of rotatable bonds is 4. The number of benzene rings is 7. The fourth-order valence-electron chi connectivity index (χ4n) is 7.27. The van der Waals surface area contributed by atoms with Crippen LogP contribution in [0.2, 0.25) is 0 Å². The van der Waals surface area contributed by atoms with Gasteiger partial charge in [0.1, 0.15) is 6.07 Å². The van der Waals surface area contributed by atoms with Crippen molar-refractivity contribution in [3.8, 4) is 45.8 Å². The first kappa shape index (κ1) is 27.4. The molecule has 0 atom stereocenters.